The highest BCUT2D eigenvalue weighted by atomic mass is 79.9. The molecule has 0 aromatic heterocycles. The third-order valence-corrected chi connectivity index (χ3v) is 8.51. The molecule has 2 nitrogen and oxygen atoms in total. The minimum atomic E-state index is -0.0596. The summed E-state index contributed by atoms with van der Waals surface area (Å²) in [5.41, 5.74) is 1.45. The maximum Gasteiger partial charge on any atom is 0.155 e. The molecule has 0 bridgehead atoms. The molecule has 0 spiro atoms. The van der Waals surface area contributed by atoms with Gasteiger partial charge < -0.3 is 0 Å². The number of Topliss-reactive ketones (excluding diaryl/α,β-unsaturated/α-hetero) is 1. The number of rotatable bonds is 0. The number of allylic oxidation sites excluding steroid dienone is 1. The molecule has 0 aliphatic heterocycles. The van der Waals surface area contributed by atoms with E-state index in [9.17, 15) is 9.59 Å². The second-order valence-corrected chi connectivity index (χ2v) is 9.59. The number of fused-ring (bicyclic) bond motifs is 5. The number of hydrogen-bond acceptors (Lipinski definition) is 2. The lowest BCUT2D eigenvalue weighted by atomic mass is 9.47. The summed E-state index contributed by atoms with van der Waals surface area (Å²) < 4.78 is 0. The monoisotopic (exact) mass is 364 g/mol. The summed E-state index contributed by atoms with van der Waals surface area (Å²) in [4.78, 5) is 24.6. The van der Waals surface area contributed by atoms with Gasteiger partial charge in [0.1, 0.15) is 5.78 Å². The second kappa shape index (κ2) is 4.78. The van der Waals surface area contributed by atoms with Crippen LogP contribution in [0.5, 0.6) is 0 Å². The first-order valence-corrected chi connectivity index (χ1v) is 9.70. The number of halogens is 1. The van der Waals surface area contributed by atoms with Gasteiger partial charge >= 0.3 is 0 Å². The number of hydrogen-bond donors (Lipinski definition) is 0. The summed E-state index contributed by atoms with van der Waals surface area (Å²) in [5, 5.41) is 0. The molecule has 0 aromatic carbocycles. The molecule has 0 amide bonds. The largest absolute Gasteiger partial charge is 0.299 e. The first-order chi connectivity index (χ1) is 10.4. The Hall–Kier alpha value is -0.440. The summed E-state index contributed by atoms with van der Waals surface area (Å²) in [6.45, 7) is 4.61. The average molecular weight is 365 g/mol. The molecule has 120 valence electrons. The molecule has 3 saturated carbocycles. The standard InChI is InChI=1S/C19H25BrO2/c1-18-7-5-11(21)9-15(18)16(20)10-12-13-3-4-17(22)19(13,2)8-6-14(12)18/h9,12-14,16H,3-8,10H2,1-2H3/t12?,13?,14?,16-,18+,19-/m0/s1. The SMILES string of the molecule is C[C@]12CCC(=O)C=C1[C@@H](Br)CC1C2CC[C@]2(C)C(=O)CCC12. The van der Waals surface area contributed by atoms with Gasteiger partial charge in [-0.15, -0.1) is 0 Å². The van der Waals surface area contributed by atoms with Crippen LogP contribution in [-0.2, 0) is 9.59 Å². The summed E-state index contributed by atoms with van der Waals surface area (Å²) in [5.74, 6) is 2.67. The van der Waals surface area contributed by atoms with Crippen LogP contribution in [0.15, 0.2) is 11.6 Å². The van der Waals surface area contributed by atoms with E-state index >= 15 is 0 Å². The van der Waals surface area contributed by atoms with E-state index in [4.69, 9.17) is 0 Å². The van der Waals surface area contributed by atoms with E-state index < -0.39 is 0 Å². The number of carbonyl (C=O) groups excluding carboxylic acids is 2. The van der Waals surface area contributed by atoms with Gasteiger partial charge in [-0.25, -0.2) is 0 Å². The van der Waals surface area contributed by atoms with Gasteiger partial charge in [0.25, 0.3) is 0 Å². The molecule has 0 radical (unpaired) electrons. The summed E-state index contributed by atoms with van der Waals surface area (Å²) in [6.07, 6.45) is 8.83. The van der Waals surface area contributed by atoms with Gasteiger partial charge in [-0.3, -0.25) is 9.59 Å². The zero-order valence-electron chi connectivity index (χ0n) is 13.5. The van der Waals surface area contributed by atoms with E-state index in [-0.39, 0.29) is 10.8 Å². The fourth-order valence-corrected chi connectivity index (χ4v) is 7.42. The van der Waals surface area contributed by atoms with Crippen LogP contribution in [-0.4, -0.2) is 16.4 Å². The minimum absolute atomic E-state index is 0.0596. The highest BCUT2D eigenvalue weighted by Crippen LogP contribution is 2.65. The molecule has 4 aliphatic rings. The molecule has 4 rings (SSSR count). The number of ketones is 2. The molecule has 4 aliphatic carbocycles. The van der Waals surface area contributed by atoms with Crippen molar-refractivity contribution in [3.8, 4) is 0 Å². The first kappa shape index (κ1) is 15.1. The van der Waals surface area contributed by atoms with Crippen molar-refractivity contribution in [1.82, 2.24) is 0 Å². The fourth-order valence-electron chi connectivity index (χ4n) is 6.33. The second-order valence-electron chi connectivity index (χ2n) is 8.48. The normalized spacial score (nSPS) is 51.0. The Morgan fingerprint density at radius 2 is 1.77 bits per heavy atom. The Labute approximate surface area is 141 Å². The molecular weight excluding hydrogens is 340 g/mol. The Morgan fingerprint density at radius 1 is 1.05 bits per heavy atom. The topological polar surface area (TPSA) is 34.1 Å². The van der Waals surface area contributed by atoms with Gasteiger partial charge in [-0.2, -0.15) is 0 Å². The molecule has 0 heterocycles. The van der Waals surface area contributed by atoms with Crippen LogP contribution in [0, 0.1) is 28.6 Å². The maximum atomic E-state index is 12.4. The quantitative estimate of drug-likeness (QED) is 0.594. The molecule has 3 heteroatoms. The smallest absolute Gasteiger partial charge is 0.155 e. The number of carbonyl (C=O) groups is 2. The van der Waals surface area contributed by atoms with Crippen molar-refractivity contribution in [1.29, 1.82) is 0 Å². The van der Waals surface area contributed by atoms with E-state index in [1.165, 1.54) is 5.57 Å². The predicted molar refractivity (Wildman–Crippen MR) is 89.8 cm³/mol. The van der Waals surface area contributed by atoms with Crippen LogP contribution in [0.2, 0.25) is 0 Å². The van der Waals surface area contributed by atoms with E-state index in [0.29, 0.717) is 40.6 Å². The zero-order chi connectivity index (χ0) is 15.7. The molecule has 3 unspecified atom stereocenters. The van der Waals surface area contributed by atoms with Crippen LogP contribution >= 0.6 is 15.9 Å². The summed E-state index contributed by atoms with van der Waals surface area (Å²) >= 11 is 3.88. The third kappa shape index (κ3) is 1.84. The van der Waals surface area contributed by atoms with E-state index in [0.717, 1.165) is 38.5 Å². The Kier molecular flexibility index (Phi) is 3.28. The van der Waals surface area contributed by atoms with Crippen LogP contribution in [0.4, 0.5) is 0 Å². The van der Waals surface area contributed by atoms with Crippen molar-refractivity contribution in [2.24, 2.45) is 28.6 Å². The number of alkyl halides is 1. The molecule has 22 heavy (non-hydrogen) atoms. The third-order valence-electron chi connectivity index (χ3n) is 7.65. The van der Waals surface area contributed by atoms with Crippen LogP contribution < -0.4 is 0 Å². The zero-order valence-corrected chi connectivity index (χ0v) is 15.1. The molecule has 0 saturated heterocycles. The van der Waals surface area contributed by atoms with Crippen LogP contribution in [0.3, 0.4) is 0 Å². The minimum Gasteiger partial charge on any atom is -0.299 e. The van der Waals surface area contributed by atoms with Crippen LogP contribution in [0.25, 0.3) is 0 Å². The molecular formula is C19H25BrO2. The van der Waals surface area contributed by atoms with Gasteiger partial charge in [-0.05, 0) is 66.9 Å². The van der Waals surface area contributed by atoms with E-state index in [1.807, 2.05) is 6.08 Å². The Bertz CT molecular complexity index is 580. The van der Waals surface area contributed by atoms with Crippen molar-refractivity contribution in [3.05, 3.63) is 11.6 Å². The highest BCUT2D eigenvalue weighted by molar-refractivity contribution is 9.09. The van der Waals surface area contributed by atoms with E-state index in [1.54, 1.807) is 0 Å². The summed E-state index contributed by atoms with van der Waals surface area (Å²) in [7, 11) is 0. The lowest BCUT2D eigenvalue weighted by molar-refractivity contribution is -0.132. The van der Waals surface area contributed by atoms with Gasteiger partial charge in [0.2, 0.25) is 0 Å². The average Bonchev–Trinajstić information content (AvgIpc) is 2.77. The summed E-state index contributed by atoms with van der Waals surface area (Å²) in [6, 6.07) is 0. The lowest BCUT2D eigenvalue weighted by Crippen LogP contribution is -2.53. The predicted octanol–water partition coefficient (Wildman–Crippen LogP) is 4.46. The first-order valence-electron chi connectivity index (χ1n) is 8.78. The lowest BCUT2D eigenvalue weighted by Gasteiger charge is -2.58. The van der Waals surface area contributed by atoms with Gasteiger partial charge in [0.15, 0.2) is 5.78 Å². The van der Waals surface area contributed by atoms with Crippen molar-refractivity contribution < 1.29 is 9.59 Å². The van der Waals surface area contributed by atoms with Crippen molar-refractivity contribution in [2.75, 3.05) is 0 Å². The Morgan fingerprint density at radius 3 is 2.55 bits per heavy atom. The van der Waals surface area contributed by atoms with E-state index in [2.05, 4.69) is 29.8 Å². The van der Waals surface area contributed by atoms with Crippen LogP contribution in [0.1, 0.15) is 58.8 Å². The van der Waals surface area contributed by atoms with Crippen molar-refractivity contribution >= 4 is 27.5 Å². The molecule has 0 N–H and O–H groups in total. The highest BCUT2D eigenvalue weighted by Gasteiger charge is 2.60. The molecule has 6 atom stereocenters. The maximum absolute atomic E-state index is 12.4. The van der Waals surface area contributed by atoms with Gasteiger partial charge in [0.05, 0.1) is 0 Å². The fraction of sp³-hybridized carbons (Fsp3) is 0.789. The van der Waals surface area contributed by atoms with Gasteiger partial charge in [0, 0.05) is 23.1 Å². The Balaban J connectivity index is 1.74. The molecule has 3 fully saturated rings. The van der Waals surface area contributed by atoms with Crippen molar-refractivity contribution in [2.45, 2.75) is 63.6 Å². The van der Waals surface area contributed by atoms with Crippen molar-refractivity contribution in [3.63, 3.8) is 0 Å². The molecule has 0 aromatic rings. The van der Waals surface area contributed by atoms with Gasteiger partial charge in [-0.1, -0.05) is 29.8 Å².